The predicted octanol–water partition coefficient (Wildman–Crippen LogP) is 6.16. The highest BCUT2D eigenvalue weighted by molar-refractivity contribution is 5.93. The van der Waals surface area contributed by atoms with Gasteiger partial charge in [-0.1, -0.05) is 45.8 Å². The maximum Gasteiger partial charge on any atom is 0.156 e. The molecule has 1 saturated carbocycles. The molecule has 0 saturated heterocycles. The van der Waals surface area contributed by atoms with Crippen LogP contribution in [0.1, 0.15) is 78.6 Å². The van der Waals surface area contributed by atoms with Gasteiger partial charge < -0.3 is 0 Å². The number of rotatable bonds is 3. The molecule has 1 nitrogen and oxygen atoms in total. The largest absolute Gasteiger partial charge is 0.295 e. The van der Waals surface area contributed by atoms with Crippen molar-refractivity contribution in [2.24, 2.45) is 22.7 Å². The van der Waals surface area contributed by atoms with Crippen LogP contribution in [0.2, 0.25) is 0 Å². The third-order valence-electron chi connectivity index (χ3n) is 8.07. The Kier molecular flexibility index (Phi) is 3.90. The lowest BCUT2D eigenvalue weighted by Crippen LogP contribution is -2.41. The Labute approximate surface area is 147 Å². The Morgan fingerprint density at radius 1 is 1.17 bits per heavy atom. The van der Waals surface area contributed by atoms with Gasteiger partial charge >= 0.3 is 0 Å². The van der Waals surface area contributed by atoms with E-state index in [1.807, 2.05) is 6.08 Å². The monoisotopic (exact) mass is 324 g/mol. The van der Waals surface area contributed by atoms with Crippen LogP contribution in [0.4, 0.5) is 0 Å². The van der Waals surface area contributed by atoms with Crippen molar-refractivity contribution < 1.29 is 4.79 Å². The fraction of sp³-hybridized carbons (Fsp3) is 0.696. The first-order valence-electron chi connectivity index (χ1n) is 10.1. The number of hydrogen-bond acceptors (Lipinski definition) is 1. The summed E-state index contributed by atoms with van der Waals surface area (Å²) in [5, 5.41) is 0. The Morgan fingerprint density at radius 3 is 2.79 bits per heavy atom. The summed E-state index contributed by atoms with van der Waals surface area (Å²) in [7, 11) is 0. The van der Waals surface area contributed by atoms with Crippen LogP contribution in [-0.2, 0) is 4.79 Å². The van der Waals surface area contributed by atoms with Gasteiger partial charge in [-0.2, -0.15) is 0 Å². The first kappa shape index (κ1) is 16.4. The summed E-state index contributed by atoms with van der Waals surface area (Å²) in [6.45, 7) is 7.42. The molecule has 0 N–H and O–H groups in total. The molecule has 0 radical (unpaired) electrons. The van der Waals surface area contributed by atoms with E-state index in [1.165, 1.54) is 49.7 Å². The highest BCUT2D eigenvalue weighted by Crippen LogP contribution is 2.65. The molecule has 1 unspecified atom stereocenters. The molecule has 0 aromatic carbocycles. The van der Waals surface area contributed by atoms with Crippen molar-refractivity contribution in [2.75, 3.05) is 0 Å². The lowest BCUT2D eigenvalue weighted by atomic mass is 9.54. The van der Waals surface area contributed by atoms with Crippen molar-refractivity contribution in [1.82, 2.24) is 0 Å². The van der Waals surface area contributed by atoms with Crippen LogP contribution < -0.4 is 0 Å². The standard InChI is InChI=1S/C23H32O/c1-4-5-12-22(2)13-11-21-20-8-6-16-15-17(24)7-9-18(16)19(20)10-14-23(21,22)3/h10,14-15,20-21H,4-9,11-13H2,1-3H3/t20?,21-,22-,23-/m0/s1. The second-order valence-electron chi connectivity index (χ2n) is 9.14. The topological polar surface area (TPSA) is 17.1 Å². The third kappa shape index (κ3) is 2.23. The first-order valence-corrected chi connectivity index (χ1v) is 10.1. The van der Waals surface area contributed by atoms with Crippen LogP contribution in [-0.4, -0.2) is 5.78 Å². The van der Waals surface area contributed by atoms with E-state index < -0.39 is 0 Å². The lowest BCUT2D eigenvalue weighted by molar-refractivity contribution is -0.114. The van der Waals surface area contributed by atoms with Gasteiger partial charge in [0.25, 0.3) is 0 Å². The molecule has 4 atom stereocenters. The fourth-order valence-electron chi connectivity index (χ4n) is 6.31. The van der Waals surface area contributed by atoms with Crippen molar-refractivity contribution in [2.45, 2.75) is 78.6 Å². The molecule has 130 valence electrons. The first-order chi connectivity index (χ1) is 11.5. The van der Waals surface area contributed by atoms with Crippen molar-refractivity contribution in [3.05, 3.63) is 34.9 Å². The van der Waals surface area contributed by atoms with Crippen molar-refractivity contribution in [1.29, 1.82) is 0 Å². The highest BCUT2D eigenvalue weighted by Gasteiger charge is 2.56. The SMILES string of the molecule is CCCC[C@@]1(C)CC[C@H]2C3CCC4=CC(=O)CCC4=C3C=C[C@@]21C. The molecule has 4 rings (SSSR count). The van der Waals surface area contributed by atoms with Gasteiger partial charge in [-0.15, -0.1) is 0 Å². The van der Waals surface area contributed by atoms with Gasteiger partial charge in [0.2, 0.25) is 0 Å². The average molecular weight is 325 g/mol. The smallest absolute Gasteiger partial charge is 0.156 e. The summed E-state index contributed by atoms with van der Waals surface area (Å²) in [6.07, 6.45) is 17.9. The molecule has 0 aromatic heterocycles. The summed E-state index contributed by atoms with van der Waals surface area (Å²) in [5.41, 5.74) is 5.33. The van der Waals surface area contributed by atoms with E-state index in [9.17, 15) is 4.79 Å². The van der Waals surface area contributed by atoms with Gasteiger partial charge in [-0.25, -0.2) is 0 Å². The third-order valence-corrected chi connectivity index (χ3v) is 8.07. The van der Waals surface area contributed by atoms with Crippen molar-refractivity contribution >= 4 is 5.78 Å². The van der Waals surface area contributed by atoms with Gasteiger partial charge in [0.05, 0.1) is 0 Å². The van der Waals surface area contributed by atoms with Crippen LogP contribution in [0.15, 0.2) is 34.9 Å². The number of carbonyl (C=O) groups is 1. The molecule has 0 bridgehead atoms. The van der Waals surface area contributed by atoms with Gasteiger partial charge in [-0.05, 0) is 84.0 Å². The summed E-state index contributed by atoms with van der Waals surface area (Å²) in [5.74, 6) is 1.89. The molecule has 1 fully saturated rings. The zero-order valence-corrected chi connectivity index (χ0v) is 15.7. The molecule has 4 aliphatic carbocycles. The molecular weight excluding hydrogens is 292 g/mol. The van der Waals surface area contributed by atoms with Gasteiger partial charge in [0, 0.05) is 6.42 Å². The Balaban J connectivity index is 1.73. The second kappa shape index (κ2) is 5.71. The van der Waals surface area contributed by atoms with Gasteiger partial charge in [0.15, 0.2) is 5.78 Å². The van der Waals surface area contributed by atoms with Gasteiger partial charge in [-0.3, -0.25) is 4.79 Å². The van der Waals surface area contributed by atoms with Crippen LogP contribution in [0.5, 0.6) is 0 Å². The van der Waals surface area contributed by atoms with E-state index in [-0.39, 0.29) is 0 Å². The summed E-state index contributed by atoms with van der Waals surface area (Å²) in [6, 6.07) is 0. The summed E-state index contributed by atoms with van der Waals surface area (Å²) < 4.78 is 0. The van der Waals surface area contributed by atoms with Crippen LogP contribution in [0.3, 0.4) is 0 Å². The average Bonchev–Trinajstić information content (AvgIpc) is 2.84. The fourth-order valence-corrected chi connectivity index (χ4v) is 6.31. The molecule has 24 heavy (non-hydrogen) atoms. The number of hydrogen-bond donors (Lipinski definition) is 0. The molecule has 4 aliphatic rings. The zero-order chi connectivity index (χ0) is 16.9. The number of fused-ring (bicyclic) bond motifs is 4. The number of carbonyl (C=O) groups excluding carboxylic acids is 1. The number of allylic oxidation sites excluding steroid dienone is 6. The van der Waals surface area contributed by atoms with E-state index in [4.69, 9.17) is 0 Å². The molecular formula is C23H32O. The van der Waals surface area contributed by atoms with E-state index in [0.717, 1.165) is 31.1 Å². The maximum absolute atomic E-state index is 11.8. The second-order valence-corrected chi connectivity index (χ2v) is 9.14. The normalized spacial score (nSPS) is 41.0. The van der Waals surface area contributed by atoms with Crippen molar-refractivity contribution in [3.8, 4) is 0 Å². The molecule has 0 aliphatic heterocycles. The zero-order valence-electron chi connectivity index (χ0n) is 15.7. The maximum atomic E-state index is 11.8. The Bertz CT molecular complexity index is 649. The highest BCUT2D eigenvalue weighted by atomic mass is 16.1. The Morgan fingerprint density at radius 2 is 2.00 bits per heavy atom. The molecule has 1 heteroatoms. The number of ketones is 1. The van der Waals surface area contributed by atoms with E-state index >= 15 is 0 Å². The minimum Gasteiger partial charge on any atom is -0.295 e. The summed E-state index contributed by atoms with van der Waals surface area (Å²) >= 11 is 0. The quantitative estimate of drug-likeness (QED) is 0.607. The van der Waals surface area contributed by atoms with Gasteiger partial charge in [0.1, 0.15) is 0 Å². The van der Waals surface area contributed by atoms with E-state index in [2.05, 4.69) is 32.9 Å². The van der Waals surface area contributed by atoms with Crippen molar-refractivity contribution in [3.63, 3.8) is 0 Å². The minimum absolute atomic E-state index is 0.338. The molecule has 0 heterocycles. The minimum atomic E-state index is 0.338. The van der Waals surface area contributed by atoms with E-state index in [1.54, 1.807) is 5.57 Å². The Hall–Kier alpha value is -1.11. The predicted molar refractivity (Wildman–Crippen MR) is 99.7 cm³/mol. The summed E-state index contributed by atoms with van der Waals surface area (Å²) in [4.78, 5) is 11.8. The molecule has 0 amide bonds. The molecule has 0 aromatic rings. The van der Waals surface area contributed by atoms with Crippen LogP contribution in [0, 0.1) is 22.7 Å². The van der Waals surface area contributed by atoms with Crippen LogP contribution in [0.25, 0.3) is 0 Å². The molecule has 0 spiro atoms. The van der Waals surface area contributed by atoms with Crippen LogP contribution >= 0.6 is 0 Å². The number of unbranched alkanes of at least 4 members (excludes halogenated alkanes) is 1. The van der Waals surface area contributed by atoms with E-state index in [0.29, 0.717) is 16.6 Å². The lowest BCUT2D eigenvalue weighted by Gasteiger charge is -2.50.